The minimum Gasteiger partial charge on any atom is -0.507 e. The Balaban J connectivity index is 1.71. The van der Waals surface area contributed by atoms with Crippen molar-refractivity contribution < 1.29 is 9.90 Å². The molecule has 0 bridgehead atoms. The van der Waals surface area contributed by atoms with Gasteiger partial charge in [-0.3, -0.25) is 9.78 Å². The van der Waals surface area contributed by atoms with Crippen molar-refractivity contribution in [3.8, 4) is 16.9 Å². The van der Waals surface area contributed by atoms with E-state index in [-0.39, 0.29) is 5.91 Å². The van der Waals surface area contributed by atoms with E-state index in [4.69, 9.17) is 0 Å². The second-order valence-electron chi connectivity index (χ2n) is 6.41. The van der Waals surface area contributed by atoms with Crippen molar-refractivity contribution in [3.05, 3.63) is 83.2 Å². The van der Waals surface area contributed by atoms with E-state index in [1.165, 1.54) is 5.56 Å². The zero-order valence-electron chi connectivity index (χ0n) is 15.0. The molecule has 3 rings (SSSR count). The number of carbonyl (C=O) groups excluding carboxylic acids is 1. The predicted octanol–water partition coefficient (Wildman–Crippen LogP) is 4.04. The van der Waals surface area contributed by atoms with Crippen LogP contribution in [0.3, 0.4) is 0 Å². The van der Waals surface area contributed by atoms with E-state index in [0.717, 1.165) is 28.7 Å². The van der Waals surface area contributed by atoms with Gasteiger partial charge in [-0.1, -0.05) is 30.3 Å². The molecule has 2 aromatic carbocycles. The number of aromatic nitrogens is 1. The molecule has 0 fully saturated rings. The monoisotopic (exact) mass is 346 g/mol. The molecule has 1 amide bonds. The van der Waals surface area contributed by atoms with Crippen LogP contribution in [0, 0.1) is 13.8 Å². The Labute approximate surface area is 153 Å². The van der Waals surface area contributed by atoms with E-state index in [2.05, 4.69) is 10.3 Å². The molecular weight excluding hydrogens is 324 g/mol. The smallest absolute Gasteiger partial charge is 0.252 e. The standard InChI is InChI=1S/C22H22N2O2/c1-15-10-18(11-16(2)21(15)25)19-12-20(14-23-13-19)22(26)24-9-8-17-6-4-3-5-7-17/h3-7,10-14,25H,8-9H2,1-2H3,(H,24,26). The first-order chi connectivity index (χ1) is 12.5. The summed E-state index contributed by atoms with van der Waals surface area (Å²) < 4.78 is 0. The Morgan fingerprint density at radius 2 is 1.69 bits per heavy atom. The van der Waals surface area contributed by atoms with Gasteiger partial charge in [-0.25, -0.2) is 0 Å². The van der Waals surface area contributed by atoms with Gasteiger partial charge in [0.1, 0.15) is 5.75 Å². The third-order valence-electron chi connectivity index (χ3n) is 4.37. The zero-order chi connectivity index (χ0) is 18.5. The van der Waals surface area contributed by atoms with Crippen LogP contribution in [0.2, 0.25) is 0 Å². The molecule has 0 aliphatic rings. The molecule has 0 spiro atoms. The number of pyridine rings is 1. The maximum atomic E-state index is 12.4. The van der Waals surface area contributed by atoms with Crippen LogP contribution in [-0.2, 0) is 6.42 Å². The number of nitrogens with zero attached hydrogens (tertiary/aromatic N) is 1. The maximum absolute atomic E-state index is 12.4. The number of amides is 1. The summed E-state index contributed by atoms with van der Waals surface area (Å²) in [6.45, 7) is 4.29. The molecule has 4 heteroatoms. The van der Waals surface area contributed by atoms with Gasteiger partial charge in [-0.15, -0.1) is 0 Å². The maximum Gasteiger partial charge on any atom is 0.252 e. The molecule has 0 saturated carbocycles. The number of benzene rings is 2. The average Bonchev–Trinajstić information content (AvgIpc) is 2.66. The lowest BCUT2D eigenvalue weighted by atomic mass is 10.00. The summed E-state index contributed by atoms with van der Waals surface area (Å²) in [4.78, 5) is 16.6. The largest absolute Gasteiger partial charge is 0.507 e. The molecule has 2 N–H and O–H groups in total. The van der Waals surface area contributed by atoms with E-state index in [0.29, 0.717) is 17.9 Å². The van der Waals surface area contributed by atoms with Crippen LogP contribution in [-0.4, -0.2) is 22.5 Å². The van der Waals surface area contributed by atoms with Crippen molar-refractivity contribution in [2.24, 2.45) is 0 Å². The van der Waals surface area contributed by atoms with Crippen molar-refractivity contribution in [2.75, 3.05) is 6.54 Å². The van der Waals surface area contributed by atoms with Gasteiger partial charge in [0, 0.05) is 24.5 Å². The van der Waals surface area contributed by atoms with E-state index in [9.17, 15) is 9.90 Å². The van der Waals surface area contributed by atoms with Crippen molar-refractivity contribution in [1.82, 2.24) is 10.3 Å². The summed E-state index contributed by atoms with van der Waals surface area (Å²) in [5, 5.41) is 12.9. The highest BCUT2D eigenvalue weighted by atomic mass is 16.3. The Hall–Kier alpha value is -3.14. The van der Waals surface area contributed by atoms with Gasteiger partial charge >= 0.3 is 0 Å². The van der Waals surface area contributed by atoms with Crippen LogP contribution in [0.1, 0.15) is 27.0 Å². The van der Waals surface area contributed by atoms with Gasteiger partial charge in [0.15, 0.2) is 0 Å². The van der Waals surface area contributed by atoms with Crippen molar-refractivity contribution >= 4 is 5.91 Å². The lowest BCUT2D eigenvalue weighted by Crippen LogP contribution is -2.25. The normalized spacial score (nSPS) is 10.5. The number of aromatic hydroxyl groups is 1. The number of phenolic OH excluding ortho intramolecular Hbond substituents is 1. The van der Waals surface area contributed by atoms with Crippen LogP contribution < -0.4 is 5.32 Å². The predicted molar refractivity (Wildman–Crippen MR) is 103 cm³/mol. The van der Waals surface area contributed by atoms with Gasteiger partial charge in [-0.05, 0) is 60.7 Å². The number of hydrogen-bond donors (Lipinski definition) is 2. The lowest BCUT2D eigenvalue weighted by Gasteiger charge is -2.10. The van der Waals surface area contributed by atoms with Gasteiger partial charge in [0.05, 0.1) is 5.56 Å². The zero-order valence-corrected chi connectivity index (χ0v) is 15.0. The Kier molecular flexibility index (Phi) is 5.32. The van der Waals surface area contributed by atoms with Gasteiger partial charge in [0.2, 0.25) is 0 Å². The first kappa shape index (κ1) is 17.7. The topological polar surface area (TPSA) is 62.2 Å². The molecule has 0 saturated heterocycles. The number of aryl methyl sites for hydroxylation is 2. The average molecular weight is 346 g/mol. The summed E-state index contributed by atoms with van der Waals surface area (Å²) >= 11 is 0. The van der Waals surface area contributed by atoms with Gasteiger partial charge in [0.25, 0.3) is 5.91 Å². The minimum absolute atomic E-state index is 0.137. The summed E-state index contributed by atoms with van der Waals surface area (Å²) in [5.41, 5.74) is 5.11. The van der Waals surface area contributed by atoms with Crippen LogP contribution in [0.15, 0.2) is 60.9 Å². The van der Waals surface area contributed by atoms with Crippen LogP contribution >= 0.6 is 0 Å². The number of carbonyl (C=O) groups is 1. The number of nitrogens with one attached hydrogen (secondary N) is 1. The fraction of sp³-hybridized carbons (Fsp3) is 0.182. The second-order valence-corrected chi connectivity index (χ2v) is 6.41. The van der Waals surface area contributed by atoms with E-state index in [1.807, 2.05) is 62.4 Å². The Morgan fingerprint density at radius 3 is 2.38 bits per heavy atom. The molecule has 0 atom stereocenters. The highest BCUT2D eigenvalue weighted by molar-refractivity contribution is 5.95. The third-order valence-corrected chi connectivity index (χ3v) is 4.37. The molecule has 1 aromatic heterocycles. The van der Waals surface area contributed by atoms with Gasteiger partial charge in [-0.2, -0.15) is 0 Å². The first-order valence-electron chi connectivity index (χ1n) is 8.62. The van der Waals surface area contributed by atoms with Crippen molar-refractivity contribution in [2.45, 2.75) is 20.3 Å². The highest BCUT2D eigenvalue weighted by Crippen LogP contribution is 2.29. The summed E-state index contributed by atoms with van der Waals surface area (Å²) in [5.74, 6) is 0.166. The molecule has 132 valence electrons. The van der Waals surface area contributed by atoms with E-state index >= 15 is 0 Å². The van der Waals surface area contributed by atoms with Crippen LogP contribution in [0.5, 0.6) is 5.75 Å². The number of phenols is 1. The highest BCUT2D eigenvalue weighted by Gasteiger charge is 2.10. The minimum atomic E-state index is -0.137. The summed E-state index contributed by atoms with van der Waals surface area (Å²) in [6, 6.07) is 15.7. The number of hydrogen-bond acceptors (Lipinski definition) is 3. The first-order valence-corrected chi connectivity index (χ1v) is 8.62. The van der Waals surface area contributed by atoms with E-state index < -0.39 is 0 Å². The van der Waals surface area contributed by atoms with Crippen LogP contribution in [0.4, 0.5) is 0 Å². The summed E-state index contributed by atoms with van der Waals surface area (Å²) in [6.07, 6.45) is 4.09. The second kappa shape index (κ2) is 7.83. The molecule has 26 heavy (non-hydrogen) atoms. The molecule has 0 aliphatic heterocycles. The van der Waals surface area contributed by atoms with E-state index in [1.54, 1.807) is 12.4 Å². The quantitative estimate of drug-likeness (QED) is 0.733. The molecule has 0 aliphatic carbocycles. The lowest BCUT2D eigenvalue weighted by molar-refractivity contribution is 0.0954. The van der Waals surface area contributed by atoms with Crippen LogP contribution in [0.25, 0.3) is 11.1 Å². The third kappa shape index (κ3) is 4.09. The molecule has 0 radical (unpaired) electrons. The van der Waals surface area contributed by atoms with Crippen molar-refractivity contribution in [3.63, 3.8) is 0 Å². The Morgan fingerprint density at radius 1 is 1.00 bits per heavy atom. The molecule has 3 aromatic rings. The molecule has 4 nitrogen and oxygen atoms in total. The fourth-order valence-corrected chi connectivity index (χ4v) is 2.91. The fourth-order valence-electron chi connectivity index (χ4n) is 2.91. The molecule has 1 heterocycles. The SMILES string of the molecule is Cc1cc(-c2cncc(C(=O)NCCc3ccccc3)c2)cc(C)c1O. The molecular formula is C22H22N2O2. The number of rotatable bonds is 5. The summed E-state index contributed by atoms with van der Waals surface area (Å²) in [7, 11) is 0. The Bertz CT molecular complexity index is 897. The van der Waals surface area contributed by atoms with Crippen molar-refractivity contribution in [1.29, 1.82) is 0 Å². The molecule has 0 unspecified atom stereocenters. The van der Waals surface area contributed by atoms with Gasteiger partial charge < -0.3 is 10.4 Å².